The van der Waals surface area contributed by atoms with Crippen molar-refractivity contribution in [2.24, 2.45) is 0 Å². The number of carbonyl (C=O) groups excluding carboxylic acids is 3. The minimum atomic E-state index is -4.93. The molecule has 5 atom stereocenters. The third-order valence-corrected chi connectivity index (χ3v) is 16.1. The molecule has 5 unspecified atom stereocenters. The van der Waals surface area contributed by atoms with E-state index in [-0.39, 0.29) is 19.3 Å². The van der Waals surface area contributed by atoms with Crippen molar-refractivity contribution in [3.05, 3.63) is 122 Å². The van der Waals surface area contributed by atoms with Gasteiger partial charge < -0.3 is 34.2 Å². The smallest absolute Gasteiger partial charge is 0.463 e. The highest BCUT2D eigenvalue weighted by Crippen LogP contribution is 2.45. The van der Waals surface area contributed by atoms with E-state index in [4.69, 9.17) is 32.3 Å². The lowest BCUT2D eigenvalue weighted by atomic mass is 10.0. The Labute approximate surface area is 551 Å². The molecule has 0 aliphatic heterocycles. The predicted molar refractivity (Wildman–Crippen MR) is 371 cm³/mol. The number of phosphoric acid groups is 2. The van der Waals surface area contributed by atoms with Crippen molar-refractivity contribution < 1.29 is 75.8 Å². The van der Waals surface area contributed by atoms with Crippen LogP contribution in [0.5, 0.6) is 0 Å². The summed E-state index contributed by atoms with van der Waals surface area (Å²) < 4.78 is 60.9. The quantitative estimate of drug-likeness (QED) is 0.0146. The molecule has 0 aromatic carbocycles. The topological polar surface area (TPSA) is 231 Å². The molecule has 18 heteroatoms. The summed E-state index contributed by atoms with van der Waals surface area (Å²) in [7, 11) is -9.80. The molecule has 0 fully saturated rings. The number of unbranched alkanes of at least 4 members (excludes halogenated alkanes) is 22. The molecule has 4 N–H and O–H groups in total. The van der Waals surface area contributed by atoms with Gasteiger partial charge in [0.05, 0.1) is 26.4 Å². The highest BCUT2D eigenvalue weighted by Gasteiger charge is 2.29. The van der Waals surface area contributed by atoms with Gasteiger partial charge in [-0.25, -0.2) is 9.13 Å². The molecule has 522 valence electrons. The normalized spacial score (nSPS) is 14.9. The number of allylic oxidation sites excluding steroid dienone is 20. The Morgan fingerprint density at radius 2 is 0.582 bits per heavy atom. The Kier molecular flexibility index (Phi) is 63.1. The van der Waals surface area contributed by atoms with Gasteiger partial charge in [-0.05, 0) is 116 Å². The highest BCUT2D eigenvalue weighted by atomic mass is 31.2. The highest BCUT2D eigenvalue weighted by molar-refractivity contribution is 7.47. The zero-order valence-electron chi connectivity index (χ0n) is 56.5. The summed E-state index contributed by atoms with van der Waals surface area (Å²) in [4.78, 5) is 58.4. The van der Waals surface area contributed by atoms with Crippen LogP contribution in [0.2, 0.25) is 0 Å². The second kappa shape index (κ2) is 66.0. The molecule has 16 nitrogen and oxygen atoms in total. The van der Waals surface area contributed by atoms with Gasteiger partial charge >= 0.3 is 33.6 Å². The van der Waals surface area contributed by atoms with Crippen molar-refractivity contribution in [1.82, 2.24) is 0 Å². The van der Waals surface area contributed by atoms with Crippen LogP contribution in [0.15, 0.2) is 122 Å². The zero-order valence-corrected chi connectivity index (χ0v) is 58.3. The van der Waals surface area contributed by atoms with Crippen LogP contribution in [0, 0.1) is 0 Å². The Bertz CT molecular complexity index is 2140. The van der Waals surface area contributed by atoms with E-state index in [0.29, 0.717) is 19.3 Å². The third-order valence-electron chi connectivity index (χ3n) is 14.2. The molecule has 0 rings (SSSR count). The number of ether oxygens (including phenoxy) is 3. The second-order valence-corrected chi connectivity index (χ2v) is 25.9. The number of rotatable bonds is 65. The third kappa shape index (κ3) is 67.2. The number of hydrogen-bond acceptors (Lipinski definition) is 14. The van der Waals surface area contributed by atoms with Crippen LogP contribution in [-0.4, -0.2) is 95.9 Å². The van der Waals surface area contributed by atoms with Gasteiger partial charge in [0.15, 0.2) is 6.10 Å². The molecule has 91 heavy (non-hydrogen) atoms. The van der Waals surface area contributed by atoms with E-state index in [1.165, 1.54) is 77.0 Å². The zero-order chi connectivity index (χ0) is 66.7. The first-order chi connectivity index (χ1) is 44.2. The standard InChI is InChI=1S/C73H124O16P2/c1-4-7-10-13-16-19-22-25-27-29-31-33-35-37-39-42-44-47-50-53-56-59-71(76)83-62-68(74)63-85-90(79,80)86-64-69(75)65-87-91(81,82)88-67-70(89-73(78)61-58-55-52-49-46-41-24-21-18-15-12-9-6-3)66-84-72(77)60-57-54-51-48-45-43-40-38-36-34-32-30-28-26-23-20-17-14-11-8-5-2/h7,10,16-17,19-20,25-28,31-34,37-40,44,47,68-70,74-75H,4-6,8-9,11-15,18,21-24,29-30,35-36,41-43,45-46,48-67H2,1-3H3,(H,79,80)(H,81,82)/b10-7-,19-16-,20-17-,27-25-,28-26-,33-31-,34-32-,39-37-,40-38-,47-44-. The summed E-state index contributed by atoms with van der Waals surface area (Å²) in [6.07, 6.45) is 75.3. The summed E-state index contributed by atoms with van der Waals surface area (Å²) in [5.41, 5.74) is 0. The van der Waals surface area contributed by atoms with Crippen LogP contribution < -0.4 is 0 Å². The van der Waals surface area contributed by atoms with Gasteiger partial charge in [0.1, 0.15) is 25.4 Å². The van der Waals surface area contributed by atoms with Gasteiger partial charge in [-0.2, -0.15) is 0 Å². The van der Waals surface area contributed by atoms with E-state index >= 15 is 0 Å². The first-order valence-corrected chi connectivity index (χ1v) is 37.8. The van der Waals surface area contributed by atoms with Crippen molar-refractivity contribution in [3.8, 4) is 0 Å². The van der Waals surface area contributed by atoms with Gasteiger partial charge in [-0.3, -0.25) is 32.5 Å². The lowest BCUT2D eigenvalue weighted by molar-refractivity contribution is -0.161. The number of aliphatic hydroxyl groups is 2. The fraction of sp³-hybridized carbons (Fsp3) is 0.685. The molecule has 0 aromatic heterocycles. The minimum absolute atomic E-state index is 0.0995. The van der Waals surface area contributed by atoms with Gasteiger partial charge in [-0.15, -0.1) is 0 Å². The lowest BCUT2D eigenvalue weighted by Gasteiger charge is -2.21. The van der Waals surface area contributed by atoms with Crippen molar-refractivity contribution in [2.45, 2.75) is 283 Å². The molecule has 0 heterocycles. The SMILES string of the molecule is CC/C=C\C/C=C\C/C=C\C/C=C\C/C=C\C/C=C\CCCCC(=O)OCC(O)COP(=O)(O)OCC(O)COP(=O)(O)OCC(COC(=O)CCCCCCC/C=C\C/C=C\C/C=C\C/C=C\CCCCC)OC(=O)CCCCCCCCCCCCCCC. The number of hydrogen-bond donors (Lipinski definition) is 4. The molecular formula is C73H124O16P2. The maximum Gasteiger partial charge on any atom is 0.472 e. The summed E-state index contributed by atoms with van der Waals surface area (Å²) in [5, 5.41) is 20.5. The number of carbonyl (C=O) groups is 3. The average Bonchev–Trinajstić information content (AvgIpc) is 3.75. The number of phosphoric ester groups is 2. The molecule has 0 saturated carbocycles. The van der Waals surface area contributed by atoms with Gasteiger partial charge in [0.25, 0.3) is 0 Å². The van der Waals surface area contributed by atoms with Gasteiger partial charge in [0.2, 0.25) is 0 Å². The van der Waals surface area contributed by atoms with E-state index in [0.717, 1.165) is 128 Å². The Morgan fingerprint density at radius 3 is 0.967 bits per heavy atom. The fourth-order valence-corrected chi connectivity index (χ4v) is 10.4. The van der Waals surface area contributed by atoms with Crippen molar-refractivity contribution >= 4 is 33.6 Å². The molecule has 0 aliphatic carbocycles. The Hall–Kier alpha value is -4.05. The van der Waals surface area contributed by atoms with E-state index in [1.807, 2.05) is 0 Å². The monoisotopic (exact) mass is 1320 g/mol. The van der Waals surface area contributed by atoms with Crippen LogP contribution in [-0.2, 0) is 55.8 Å². The van der Waals surface area contributed by atoms with Crippen molar-refractivity contribution in [1.29, 1.82) is 0 Å². The van der Waals surface area contributed by atoms with Crippen LogP contribution >= 0.6 is 15.6 Å². The molecule has 0 spiro atoms. The van der Waals surface area contributed by atoms with Gasteiger partial charge in [-0.1, -0.05) is 251 Å². The summed E-state index contributed by atoms with van der Waals surface area (Å²) in [6.45, 7) is 2.45. The molecular weight excluding hydrogens is 1190 g/mol. The number of aliphatic hydroxyl groups excluding tert-OH is 2. The maximum atomic E-state index is 12.9. The van der Waals surface area contributed by atoms with E-state index in [9.17, 15) is 43.5 Å². The molecule has 0 radical (unpaired) electrons. The first-order valence-electron chi connectivity index (χ1n) is 34.8. The maximum absolute atomic E-state index is 12.9. The molecule has 0 aromatic rings. The second-order valence-electron chi connectivity index (χ2n) is 23.0. The Balaban J connectivity index is 4.70. The summed E-state index contributed by atoms with van der Waals surface area (Å²) in [6, 6.07) is 0. The lowest BCUT2D eigenvalue weighted by Crippen LogP contribution is -2.30. The van der Waals surface area contributed by atoms with Crippen molar-refractivity contribution in [2.75, 3.05) is 39.6 Å². The van der Waals surface area contributed by atoms with Crippen LogP contribution in [0.25, 0.3) is 0 Å². The Morgan fingerprint density at radius 1 is 0.319 bits per heavy atom. The minimum Gasteiger partial charge on any atom is -0.463 e. The molecule has 0 aliphatic rings. The summed E-state index contributed by atoms with van der Waals surface area (Å²) >= 11 is 0. The predicted octanol–water partition coefficient (Wildman–Crippen LogP) is 19.4. The van der Waals surface area contributed by atoms with Gasteiger partial charge in [0, 0.05) is 19.3 Å². The largest absolute Gasteiger partial charge is 0.472 e. The van der Waals surface area contributed by atoms with Crippen molar-refractivity contribution in [3.63, 3.8) is 0 Å². The van der Waals surface area contributed by atoms with E-state index in [1.54, 1.807) is 0 Å². The van der Waals surface area contributed by atoms with Crippen LogP contribution in [0.1, 0.15) is 265 Å². The fourth-order valence-electron chi connectivity index (χ4n) is 8.85. The van der Waals surface area contributed by atoms with E-state index in [2.05, 4.69) is 142 Å². The molecule has 0 amide bonds. The van der Waals surface area contributed by atoms with Crippen LogP contribution in [0.3, 0.4) is 0 Å². The van der Waals surface area contributed by atoms with E-state index < -0.39 is 91.5 Å². The molecule has 0 bridgehead atoms. The molecule has 0 saturated heterocycles. The first kappa shape index (κ1) is 87.0. The van der Waals surface area contributed by atoms with Crippen LogP contribution in [0.4, 0.5) is 0 Å². The average molecular weight is 1320 g/mol. The number of esters is 3. The summed E-state index contributed by atoms with van der Waals surface area (Å²) in [5.74, 6) is -1.64.